The van der Waals surface area contributed by atoms with Crippen molar-refractivity contribution in [3.05, 3.63) is 35.8 Å². The van der Waals surface area contributed by atoms with Crippen LogP contribution in [0.1, 0.15) is 11.3 Å². The molecule has 0 radical (unpaired) electrons. The van der Waals surface area contributed by atoms with Crippen LogP contribution >= 0.6 is 0 Å². The smallest absolute Gasteiger partial charge is 0.219 e. The molecule has 0 aromatic carbocycles. The molecule has 2 N–H and O–H groups in total. The van der Waals surface area contributed by atoms with Crippen molar-refractivity contribution in [3.63, 3.8) is 0 Å². The van der Waals surface area contributed by atoms with Crippen molar-refractivity contribution < 1.29 is 4.74 Å². The Morgan fingerprint density at radius 3 is 2.88 bits per heavy atom. The summed E-state index contributed by atoms with van der Waals surface area (Å²) in [4.78, 5) is 4.27. The van der Waals surface area contributed by atoms with E-state index in [-0.39, 0.29) is 0 Å². The molecule has 0 bridgehead atoms. The second kappa shape index (κ2) is 4.32. The lowest BCUT2D eigenvalue weighted by Crippen LogP contribution is -1.99. The molecule has 0 aliphatic carbocycles. The van der Waals surface area contributed by atoms with Gasteiger partial charge in [-0.3, -0.25) is 4.68 Å². The van der Waals surface area contributed by atoms with E-state index in [2.05, 4.69) is 10.1 Å². The number of ether oxygens (including phenoxy) is 1. The van der Waals surface area contributed by atoms with Crippen LogP contribution in [0.2, 0.25) is 0 Å². The average Bonchev–Trinajstić information content (AvgIpc) is 2.63. The van der Waals surface area contributed by atoms with Crippen LogP contribution in [-0.4, -0.2) is 14.8 Å². The third-order valence-corrected chi connectivity index (χ3v) is 2.13. The standard InChI is InChI=1S/C11H14N4O/c1-8-3-9(5-12)4-11(14-8)16-10-6-13-15(2)7-10/h3-4,6-7H,5,12H2,1-2H3. The van der Waals surface area contributed by atoms with Crippen LogP contribution in [0.4, 0.5) is 0 Å². The van der Waals surface area contributed by atoms with Gasteiger partial charge < -0.3 is 10.5 Å². The van der Waals surface area contributed by atoms with Gasteiger partial charge in [-0.25, -0.2) is 4.98 Å². The SMILES string of the molecule is Cc1cc(CN)cc(Oc2cnn(C)c2)n1. The van der Waals surface area contributed by atoms with Gasteiger partial charge in [0.1, 0.15) is 0 Å². The zero-order chi connectivity index (χ0) is 11.5. The lowest BCUT2D eigenvalue weighted by molar-refractivity contribution is 0.460. The first-order chi connectivity index (χ1) is 7.67. The number of aromatic nitrogens is 3. The maximum Gasteiger partial charge on any atom is 0.219 e. The van der Waals surface area contributed by atoms with Gasteiger partial charge in [-0.2, -0.15) is 5.10 Å². The summed E-state index contributed by atoms with van der Waals surface area (Å²) >= 11 is 0. The molecule has 2 aromatic rings. The van der Waals surface area contributed by atoms with E-state index in [1.807, 2.05) is 26.1 Å². The van der Waals surface area contributed by atoms with E-state index in [1.54, 1.807) is 17.1 Å². The first-order valence-electron chi connectivity index (χ1n) is 5.01. The van der Waals surface area contributed by atoms with Gasteiger partial charge in [0.2, 0.25) is 5.88 Å². The number of hydrogen-bond acceptors (Lipinski definition) is 4. The Hall–Kier alpha value is -1.88. The van der Waals surface area contributed by atoms with E-state index in [9.17, 15) is 0 Å². The average molecular weight is 218 g/mol. The van der Waals surface area contributed by atoms with Gasteiger partial charge in [0.25, 0.3) is 0 Å². The van der Waals surface area contributed by atoms with Gasteiger partial charge in [-0.05, 0) is 18.6 Å². The molecule has 0 amide bonds. The van der Waals surface area contributed by atoms with Crippen molar-refractivity contribution in [2.45, 2.75) is 13.5 Å². The minimum Gasteiger partial charge on any atom is -0.436 e. The number of rotatable bonds is 3. The maximum atomic E-state index is 5.59. The predicted octanol–water partition coefficient (Wildman–Crippen LogP) is 1.37. The van der Waals surface area contributed by atoms with E-state index in [4.69, 9.17) is 10.5 Å². The lowest BCUT2D eigenvalue weighted by Gasteiger charge is -2.05. The molecule has 84 valence electrons. The van der Waals surface area contributed by atoms with Gasteiger partial charge in [0.05, 0.1) is 12.4 Å². The second-order valence-electron chi connectivity index (χ2n) is 3.61. The molecule has 0 saturated heterocycles. The molecule has 2 aromatic heterocycles. The number of nitrogens with zero attached hydrogens (tertiary/aromatic N) is 3. The molecule has 0 aliphatic rings. The summed E-state index contributed by atoms with van der Waals surface area (Å²) in [6.45, 7) is 2.39. The Kier molecular flexibility index (Phi) is 2.87. The van der Waals surface area contributed by atoms with Crippen LogP contribution < -0.4 is 10.5 Å². The highest BCUT2D eigenvalue weighted by Crippen LogP contribution is 2.19. The van der Waals surface area contributed by atoms with Crippen LogP contribution in [0.3, 0.4) is 0 Å². The number of nitrogens with two attached hydrogens (primary N) is 1. The number of aryl methyl sites for hydroxylation is 2. The molecule has 0 saturated carbocycles. The zero-order valence-corrected chi connectivity index (χ0v) is 9.34. The summed E-state index contributed by atoms with van der Waals surface area (Å²) in [5.74, 6) is 1.22. The molecule has 0 unspecified atom stereocenters. The topological polar surface area (TPSA) is 66.0 Å². The van der Waals surface area contributed by atoms with Crippen molar-refractivity contribution in [1.29, 1.82) is 0 Å². The third kappa shape index (κ3) is 2.38. The van der Waals surface area contributed by atoms with Crippen LogP contribution in [0, 0.1) is 6.92 Å². The molecule has 16 heavy (non-hydrogen) atoms. The Labute approximate surface area is 93.9 Å². The van der Waals surface area contributed by atoms with Gasteiger partial charge >= 0.3 is 0 Å². The summed E-state index contributed by atoms with van der Waals surface area (Å²) in [6, 6.07) is 3.77. The summed E-state index contributed by atoms with van der Waals surface area (Å²) in [5.41, 5.74) is 7.48. The van der Waals surface area contributed by atoms with Crippen molar-refractivity contribution in [1.82, 2.24) is 14.8 Å². The molecule has 5 nitrogen and oxygen atoms in total. The zero-order valence-electron chi connectivity index (χ0n) is 9.34. The normalized spacial score (nSPS) is 10.4. The molecule has 0 spiro atoms. The largest absolute Gasteiger partial charge is 0.436 e. The fourth-order valence-electron chi connectivity index (χ4n) is 1.45. The molecule has 0 aliphatic heterocycles. The summed E-state index contributed by atoms with van der Waals surface area (Å²) in [6.07, 6.45) is 3.43. The summed E-state index contributed by atoms with van der Waals surface area (Å²) in [5, 5.41) is 4.02. The molecular weight excluding hydrogens is 204 g/mol. The first kappa shape index (κ1) is 10.6. The highest BCUT2D eigenvalue weighted by atomic mass is 16.5. The minimum absolute atomic E-state index is 0.479. The summed E-state index contributed by atoms with van der Waals surface area (Å²) < 4.78 is 7.25. The quantitative estimate of drug-likeness (QED) is 0.845. The Morgan fingerprint density at radius 2 is 2.25 bits per heavy atom. The Balaban J connectivity index is 2.24. The number of hydrogen-bond donors (Lipinski definition) is 1. The van der Waals surface area contributed by atoms with Crippen LogP contribution in [0.5, 0.6) is 11.6 Å². The van der Waals surface area contributed by atoms with E-state index in [1.165, 1.54) is 0 Å². The fraction of sp³-hybridized carbons (Fsp3) is 0.273. The van der Waals surface area contributed by atoms with Crippen molar-refractivity contribution in [2.24, 2.45) is 12.8 Å². The molecule has 2 rings (SSSR count). The first-order valence-corrected chi connectivity index (χ1v) is 5.01. The predicted molar refractivity (Wildman–Crippen MR) is 60.1 cm³/mol. The van der Waals surface area contributed by atoms with Crippen LogP contribution in [0.25, 0.3) is 0 Å². The lowest BCUT2D eigenvalue weighted by atomic mass is 10.2. The van der Waals surface area contributed by atoms with Crippen molar-refractivity contribution in [3.8, 4) is 11.6 Å². The fourth-order valence-corrected chi connectivity index (χ4v) is 1.45. The minimum atomic E-state index is 0.479. The van der Waals surface area contributed by atoms with E-state index in [0.29, 0.717) is 18.2 Å². The second-order valence-corrected chi connectivity index (χ2v) is 3.61. The van der Waals surface area contributed by atoms with Gasteiger partial charge in [0.15, 0.2) is 5.75 Å². The molecule has 2 heterocycles. The van der Waals surface area contributed by atoms with Crippen molar-refractivity contribution >= 4 is 0 Å². The van der Waals surface area contributed by atoms with E-state index < -0.39 is 0 Å². The number of pyridine rings is 1. The van der Waals surface area contributed by atoms with E-state index in [0.717, 1.165) is 11.3 Å². The monoisotopic (exact) mass is 218 g/mol. The van der Waals surface area contributed by atoms with Gasteiger partial charge in [-0.1, -0.05) is 0 Å². The Bertz CT molecular complexity index is 492. The summed E-state index contributed by atoms with van der Waals surface area (Å²) in [7, 11) is 1.84. The van der Waals surface area contributed by atoms with E-state index >= 15 is 0 Å². The molecule has 0 fully saturated rings. The van der Waals surface area contributed by atoms with Gasteiger partial charge in [-0.15, -0.1) is 0 Å². The van der Waals surface area contributed by atoms with Gasteiger partial charge in [0, 0.05) is 25.4 Å². The van der Waals surface area contributed by atoms with Crippen LogP contribution in [0.15, 0.2) is 24.5 Å². The molecule has 0 atom stereocenters. The third-order valence-electron chi connectivity index (χ3n) is 2.13. The molecule has 5 heteroatoms. The molecular formula is C11H14N4O. The maximum absolute atomic E-state index is 5.59. The highest BCUT2D eigenvalue weighted by Gasteiger charge is 2.03. The Morgan fingerprint density at radius 1 is 1.44 bits per heavy atom. The highest BCUT2D eigenvalue weighted by molar-refractivity contribution is 5.28. The van der Waals surface area contributed by atoms with Crippen LogP contribution in [-0.2, 0) is 13.6 Å². The van der Waals surface area contributed by atoms with Crippen molar-refractivity contribution in [2.75, 3.05) is 0 Å².